The first kappa shape index (κ1) is 22.6. The van der Waals surface area contributed by atoms with Crippen LogP contribution in [0.15, 0.2) is 47.6 Å². The van der Waals surface area contributed by atoms with Crippen LogP contribution in [0.4, 0.5) is 0 Å². The van der Waals surface area contributed by atoms with Crippen molar-refractivity contribution in [1.82, 2.24) is 10.2 Å². The lowest BCUT2D eigenvalue weighted by atomic mass is 9.92. The average molecular weight is 410 g/mol. The molecule has 2 aliphatic heterocycles. The molecule has 0 bridgehead atoms. The molecule has 3 rings (SSSR count). The monoisotopic (exact) mass is 409 g/mol. The van der Waals surface area contributed by atoms with Crippen LogP contribution in [0.25, 0.3) is 0 Å². The second-order valence-corrected chi connectivity index (χ2v) is 8.61. The number of benzene rings is 1. The third-order valence-corrected chi connectivity index (χ3v) is 6.38. The van der Waals surface area contributed by atoms with E-state index in [4.69, 9.17) is 4.74 Å². The second-order valence-electron chi connectivity index (χ2n) is 8.61. The quantitative estimate of drug-likeness (QED) is 0.253. The molecule has 164 valence electrons. The summed E-state index contributed by atoms with van der Waals surface area (Å²) in [5, 5.41) is 3.42. The first-order valence-corrected chi connectivity index (χ1v) is 11.8. The molecule has 2 heterocycles. The number of piperidine rings is 1. The molecular formula is C26H39N3O. The van der Waals surface area contributed by atoms with Gasteiger partial charge in [0.1, 0.15) is 11.6 Å². The molecule has 1 N–H and O–H groups in total. The first-order chi connectivity index (χ1) is 14.7. The van der Waals surface area contributed by atoms with Crippen molar-refractivity contribution in [1.29, 1.82) is 0 Å². The minimum atomic E-state index is 0.812. The van der Waals surface area contributed by atoms with Gasteiger partial charge in [0.25, 0.3) is 0 Å². The zero-order valence-corrected chi connectivity index (χ0v) is 19.0. The molecule has 0 atom stereocenters. The van der Waals surface area contributed by atoms with E-state index in [0.717, 1.165) is 76.0 Å². The van der Waals surface area contributed by atoms with E-state index in [1.165, 1.54) is 36.0 Å². The molecule has 0 aromatic heterocycles. The van der Waals surface area contributed by atoms with Crippen molar-refractivity contribution >= 4 is 5.84 Å². The van der Waals surface area contributed by atoms with E-state index in [1.807, 2.05) is 12.3 Å². The minimum Gasteiger partial charge on any atom is -0.494 e. The minimum absolute atomic E-state index is 0.812. The van der Waals surface area contributed by atoms with Crippen LogP contribution in [-0.2, 0) is 13.0 Å². The summed E-state index contributed by atoms with van der Waals surface area (Å²) in [7, 11) is 0. The van der Waals surface area contributed by atoms with E-state index < -0.39 is 0 Å². The third kappa shape index (κ3) is 6.73. The summed E-state index contributed by atoms with van der Waals surface area (Å²) in [6.07, 6.45) is 12.1. The van der Waals surface area contributed by atoms with E-state index in [-0.39, 0.29) is 0 Å². The van der Waals surface area contributed by atoms with Crippen LogP contribution in [0.3, 0.4) is 0 Å². The fraction of sp³-hybridized carbons (Fsp3) is 0.577. The lowest BCUT2D eigenvalue weighted by Crippen LogP contribution is -2.37. The Kier molecular flexibility index (Phi) is 9.00. The van der Waals surface area contributed by atoms with Crippen LogP contribution in [0.1, 0.15) is 63.5 Å². The molecule has 0 spiro atoms. The topological polar surface area (TPSA) is 36.9 Å². The van der Waals surface area contributed by atoms with Crippen LogP contribution >= 0.6 is 0 Å². The van der Waals surface area contributed by atoms with Gasteiger partial charge < -0.3 is 15.0 Å². The number of amidine groups is 1. The molecular weight excluding hydrogens is 370 g/mol. The highest BCUT2D eigenvalue weighted by Crippen LogP contribution is 2.24. The number of allylic oxidation sites excluding steroid dienone is 2. The van der Waals surface area contributed by atoms with E-state index in [0.29, 0.717) is 0 Å². The van der Waals surface area contributed by atoms with E-state index in [1.54, 1.807) is 0 Å². The Labute approximate surface area is 183 Å². The van der Waals surface area contributed by atoms with Crippen molar-refractivity contribution in [2.75, 3.05) is 26.2 Å². The Morgan fingerprint density at radius 2 is 2.13 bits per heavy atom. The van der Waals surface area contributed by atoms with Crippen molar-refractivity contribution in [2.24, 2.45) is 10.9 Å². The van der Waals surface area contributed by atoms with Crippen molar-refractivity contribution in [3.63, 3.8) is 0 Å². The number of likely N-dealkylation sites (tertiary alicyclic amines) is 1. The normalized spacial score (nSPS) is 18.3. The standard InChI is InChI=1S/C26H39N3O/c1-4-7-22(5-2)19-28-21(3)29-15-12-23(13-16-29)8-6-17-30-26-10-9-25-20-27-14-11-24(25)18-26/h5,9-10,18-19,23,27H,2,4,6-8,11-17,20H2,1,3H3/b22-19+,28-21?. The fourth-order valence-electron chi connectivity index (χ4n) is 4.42. The molecule has 2 aliphatic rings. The summed E-state index contributed by atoms with van der Waals surface area (Å²) in [5.41, 5.74) is 4.09. The number of rotatable bonds is 9. The van der Waals surface area contributed by atoms with E-state index in [9.17, 15) is 0 Å². The van der Waals surface area contributed by atoms with Crippen molar-refractivity contribution < 1.29 is 4.74 Å². The zero-order valence-electron chi connectivity index (χ0n) is 19.0. The van der Waals surface area contributed by atoms with Crippen molar-refractivity contribution in [3.05, 3.63) is 53.8 Å². The molecule has 1 aromatic rings. The Balaban J connectivity index is 1.35. The Hall–Kier alpha value is -2.07. The highest BCUT2D eigenvalue weighted by atomic mass is 16.5. The lowest BCUT2D eigenvalue weighted by molar-refractivity contribution is 0.232. The number of aliphatic imine (C=N–C) groups is 1. The maximum Gasteiger partial charge on any atom is 0.119 e. The SMILES string of the molecule is C=C/C(=C\N=C(C)N1CCC(CCCOc2ccc3c(c2)CCNC3)CC1)CCC. The van der Waals surface area contributed by atoms with Gasteiger partial charge in [-0.1, -0.05) is 32.1 Å². The Morgan fingerprint density at radius 1 is 1.30 bits per heavy atom. The number of nitrogens with one attached hydrogen (secondary N) is 1. The van der Waals surface area contributed by atoms with Gasteiger partial charge in [-0.15, -0.1) is 0 Å². The van der Waals surface area contributed by atoms with Gasteiger partial charge in [0, 0.05) is 25.8 Å². The van der Waals surface area contributed by atoms with Gasteiger partial charge in [0.15, 0.2) is 0 Å². The first-order valence-electron chi connectivity index (χ1n) is 11.8. The van der Waals surface area contributed by atoms with Crippen molar-refractivity contribution in [2.45, 2.75) is 65.3 Å². The summed E-state index contributed by atoms with van der Waals surface area (Å²) in [6, 6.07) is 6.58. The van der Waals surface area contributed by atoms with Crippen LogP contribution in [0.2, 0.25) is 0 Å². The van der Waals surface area contributed by atoms with Gasteiger partial charge in [0.2, 0.25) is 0 Å². The van der Waals surface area contributed by atoms with Crippen molar-refractivity contribution in [3.8, 4) is 5.75 Å². The molecule has 30 heavy (non-hydrogen) atoms. The molecule has 0 unspecified atom stereocenters. The van der Waals surface area contributed by atoms with Gasteiger partial charge in [-0.2, -0.15) is 0 Å². The summed E-state index contributed by atoms with van der Waals surface area (Å²) in [4.78, 5) is 7.12. The maximum atomic E-state index is 6.04. The predicted octanol–water partition coefficient (Wildman–Crippen LogP) is 5.49. The summed E-state index contributed by atoms with van der Waals surface area (Å²) < 4.78 is 6.04. The molecule has 0 radical (unpaired) electrons. The molecule has 4 nitrogen and oxygen atoms in total. The molecule has 0 aliphatic carbocycles. The highest BCUT2D eigenvalue weighted by molar-refractivity contribution is 5.80. The smallest absolute Gasteiger partial charge is 0.119 e. The summed E-state index contributed by atoms with van der Waals surface area (Å²) >= 11 is 0. The van der Waals surface area contributed by atoms with E-state index >= 15 is 0 Å². The largest absolute Gasteiger partial charge is 0.494 e. The third-order valence-electron chi connectivity index (χ3n) is 6.38. The van der Waals surface area contributed by atoms with Gasteiger partial charge in [-0.05, 0) is 86.7 Å². The van der Waals surface area contributed by atoms with Crippen LogP contribution < -0.4 is 10.1 Å². The summed E-state index contributed by atoms with van der Waals surface area (Å²) in [5.74, 6) is 2.98. The van der Waals surface area contributed by atoms with E-state index in [2.05, 4.69) is 53.8 Å². The van der Waals surface area contributed by atoms with Crippen LogP contribution in [-0.4, -0.2) is 37.0 Å². The lowest BCUT2D eigenvalue weighted by Gasteiger charge is -2.33. The molecule has 0 amide bonds. The van der Waals surface area contributed by atoms with Gasteiger partial charge in [-0.3, -0.25) is 0 Å². The molecule has 0 saturated carbocycles. The summed E-state index contributed by atoms with van der Waals surface area (Å²) in [6.45, 7) is 13.3. The number of hydrogen-bond donors (Lipinski definition) is 1. The molecule has 1 saturated heterocycles. The maximum absolute atomic E-state index is 6.04. The number of hydrogen-bond acceptors (Lipinski definition) is 3. The van der Waals surface area contributed by atoms with Gasteiger partial charge in [0.05, 0.1) is 6.61 Å². The zero-order chi connectivity index (χ0) is 21.2. The predicted molar refractivity (Wildman–Crippen MR) is 127 cm³/mol. The van der Waals surface area contributed by atoms with Crippen LogP contribution in [0.5, 0.6) is 5.75 Å². The molecule has 1 aromatic carbocycles. The number of fused-ring (bicyclic) bond motifs is 1. The van der Waals surface area contributed by atoms with Gasteiger partial charge in [-0.25, -0.2) is 4.99 Å². The van der Waals surface area contributed by atoms with Gasteiger partial charge >= 0.3 is 0 Å². The number of nitrogens with zero attached hydrogens (tertiary/aromatic N) is 2. The molecule has 1 fully saturated rings. The molecule has 4 heteroatoms. The highest BCUT2D eigenvalue weighted by Gasteiger charge is 2.19. The Morgan fingerprint density at radius 3 is 2.90 bits per heavy atom. The van der Waals surface area contributed by atoms with Crippen LogP contribution in [0, 0.1) is 5.92 Å². The second kappa shape index (κ2) is 11.9. The Bertz CT molecular complexity index is 745. The average Bonchev–Trinajstić information content (AvgIpc) is 2.79. The fourth-order valence-corrected chi connectivity index (χ4v) is 4.42. The number of ether oxygens (including phenoxy) is 1.